The van der Waals surface area contributed by atoms with E-state index in [-0.39, 0.29) is 0 Å². The summed E-state index contributed by atoms with van der Waals surface area (Å²) in [5.41, 5.74) is 3.62. The van der Waals surface area contributed by atoms with Gasteiger partial charge in [-0.25, -0.2) is 0 Å². The van der Waals surface area contributed by atoms with Gasteiger partial charge in [0.25, 0.3) is 0 Å². The van der Waals surface area contributed by atoms with Crippen molar-refractivity contribution in [2.75, 3.05) is 0 Å². The molecule has 0 aliphatic rings. The molecule has 0 aliphatic heterocycles. The lowest BCUT2D eigenvalue weighted by Crippen LogP contribution is -1.92. The lowest BCUT2D eigenvalue weighted by Gasteiger charge is -2.08. The van der Waals surface area contributed by atoms with Crippen LogP contribution in [-0.2, 0) is 0 Å². The number of rotatable bonds is 1. The van der Waals surface area contributed by atoms with E-state index in [4.69, 9.17) is 11.6 Å². The highest BCUT2D eigenvalue weighted by atomic mass is 35.5. The smallest absolute Gasteiger partial charge is 0.0547 e. The third-order valence-electron chi connectivity index (χ3n) is 4.63. The van der Waals surface area contributed by atoms with Crippen LogP contribution in [0.1, 0.15) is 0 Å². The van der Waals surface area contributed by atoms with E-state index in [0.717, 1.165) is 5.02 Å². The van der Waals surface area contributed by atoms with Crippen LogP contribution in [0.15, 0.2) is 84.9 Å². The molecule has 0 atom stereocenters. The topological polar surface area (TPSA) is 4.93 Å². The van der Waals surface area contributed by atoms with E-state index < -0.39 is 0 Å². The molecule has 0 radical (unpaired) electrons. The van der Waals surface area contributed by atoms with Crippen LogP contribution < -0.4 is 0 Å². The summed E-state index contributed by atoms with van der Waals surface area (Å²) in [6, 6.07) is 29.6. The molecular weight excluding hydrogens is 314 g/mol. The van der Waals surface area contributed by atoms with Crippen molar-refractivity contribution >= 4 is 44.2 Å². The first kappa shape index (κ1) is 13.6. The van der Waals surface area contributed by atoms with Crippen LogP contribution in [-0.4, -0.2) is 4.57 Å². The molecule has 5 aromatic rings. The number of aromatic nitrogens is 1. The number of halogens is 1. The van der Waals surface area contributed by atoms with E-state index in [9.17, 15) is 0 Å². The second-order valence-corrected chi connectivity index (χ2v) is 6.45. The monoisotopic (exact) mass is 327 g/mol. The van der Waals surface area contributed by atoms with Gasteiger partial charge in [-0.15, -0.1) is 0 Å². The van der Waals surface area contributed by atoms with E-state index in [1.165, 1.54) is 38.3 Å². The summed E-state index contributed by atoms with van der Waals surface area (Å²) in [6.07, 6.45) is 0. The standard InChI is InChI=1S/C22H14ClN/c23-16-11-12-18-15(14-16)10-13-21-22(18)19-8-4-5-9-20(19)24(21)17-6-2-1-3-7-17/h1-14H. The Morgan fingerprint density at radius 3 is 2.29 bits per heavy atom. The maximum atomic E-state index is 6.18. The number of benzene rings is 4. The van der Waals surface area contributed by atoms with Crippen molar-refractivity contribution in [2.45, 2.75) is 0 Å². The molecule has 0 aliphatic carbocycles. The van der Waals surface area contributed by atoms with Crippen LogP contribution in [0.5, 0.6) is 0 Å². The van der Waals surface area contributed by atoms with Gasteiger partial charge in [-0.2, -0.15) is 0 Å². The van der Waals surface area contributed by atoms with Gasteiger partial charge in [0.15, 0.2) is 0 Å². The Balaban J connectivity index is 2.04. The van der Waals surface area contributed by atoms with E-state index in [1.54, 1.807) is 0 Å². The Morgan fingerprint density at radius 1 is 0.625 bits per heavy atom. The molecule has 24 heavy (non-hydrogen) atoms. The number of hydrogen-bond acceptors (Lipinski definition) is 0. The molecule has 0 saturated carbocycles. The third kappa shape index (κ3) is 1.88. The van der Waals surface area contributed by atoms with Crippen LogP contribution >= 0.6 is 11.6 Å². The fraction of sp³-hybridized carbons (Fsp3) is 0. The van der Waals surface area contributed by atoms with E-state index in [2.05, 4.69) is 77.4 Å². The second-order valence-electron chi connectivity index (χ2n) is 6.01. The van der Waals surface area contributed by atoms with Gasteiger partial charge in [0.1, 0.15) is 0 Å². The van der Waals surface area contributed by atoms with Crippen LogP contribution in [0.2, 0.25) is 5.02 Å². The highest BCUT2D eigenvalue weighted by molar-refractivity contribution is 6.32. The predicted octanol–water partition coefficient (Wildman–Crippen LogP) is 6.59. The number of para-hydroxylation sites is 2. The summed E-state index contributed by atoms with van der Waals surface area (Å²) in [5, 5.41) is 5.73. The summed E-state index contributed by atoms with van der Waals surface area (Å²) in [6.45, 7) is 0. The highest BCUT2D eigenvalue weighted by Gasteiger charge is 2.14. The third-order valence-corrected chi connectivity index (χ3v) is 4.86. The van der Waals surface area contributed by atoms with E-state index in [0.29, 0.717) is 0 Å². The molecule has 1 heterocycles. The van der Waals surface area contributed by atoms with Crippen LogP contribution in [0.25, 0.3) is 38.3 Å². The van der Waals surface area contributed by atoms with Crippen LogP contribution in [0.4, 0.5) is 0 Å². The molecule has 1 aromatic heterocycles. The van der Waals surface area contributed by atoms with Gasteiger partial charge >= 0.3 is 0 Å². The van der Waals surface area contributed by atoms with Crippen molar-refractivity contribution in [1.82, 2.24) is 4.57 Å². The van der Waals surface area contributed by atoms with Gasteiger partial charge < -0.3 is 4.57 Å². The first-order valence-corrected chi connectivity index (χ1v) is 8.37. The molecule has 1 nitrogen and oxygen atoms in total. The van der Waals surface area contributed by atoms with Gasteiger partial charge in [0.2, 0.25) is 0 Å². The van der Waals surface area contributed by atoms with Crippen molar-refractivity contribution in [2.24, 2.45) is 0 Å². The zero-order valence-electron chi connectivity index (χ0n) is 12.9. The Kier molecular flexibility index (Phi) is 2.91. The number of hydrogen-bond donors (Lipinski definition) is 0. The lowest BCUT2D eigenvalue weighted by atomic mass is 10.0. The van der Waals surface area contributed by atoms with Crippen LogP contribution in [0, 0.1) is 0 Å². The SMILES string of the molecule is Clc1ccc2c(ccc3c2c2ccccc2n3-c2ccccc2)c1. The first-order chi connectivity index (χ1) is 11.8. The highest BCUT2D eigenvalue weighted by Crippen LogP contribution is 2.37. The number of nitrogens with zero attached hydrogens (tertiary/aromatic N) is 1. The molecule has 0 amide bonds. The van der Waals surface area contributed by atoms with Crippen molar-refractivity contribution in [3.8, 4) is 5.69 Å². The van der Waals surface area contributed by atoms with Crippen molar-refractivity contribution in [3.05, 3.63) is 90.0 Å². The minimum Gasteiger partial charge on any atom is -0.309 e. The quantitative estimate of drug-likeness (QED) is 0.327. The molecule has 5 rings (SSSR count). The normalized spacial score (nSPS) is 11.5. The summed E-state index contributed by atoms with van der Waals surface area (Å²) in [4.78, 5) is 0. The van der Waals surface area contributed by atoms with Crippen molar-refractivity contribution in [1.29, 1.82) is 0 Å². The molecule has 0 spiro atoms. The van der Waals surface area contributed by atoms with E-state index >= 15 is 0 Å². The molecule has 0 fully saturated rings. The fourth-order valence-electron chi connectivity index (χ4n) is 3.62. The van der Waals surface area contributed by atoms with E-state index in [1.807, 2.05) is 12.1 Å². The summed E-state index contributed by atoms with van der Waals surface area (Å²) < 4.78 is 2.33. The zero-order valence-corrected chi connectivity index (χ0v) is 13.7. The van der Waals surface area contributed by atoms with Crippen LogP contribution in [0.3, 0.4) is 0 Å². The van der Waals surface area contributed by atoms with Gasteiger partial charge in [0, 0.05) is 21.5 Å². The zero-order chi connectivity index (χ0) is 16.1. The Hall–Kier alpha value is -2.77. The first-order valence-electron chi connectivity index (χ1n) is 8.00. The van der Waals surface area contributed by atoms with Crippen molar-refractivity contribution < 1.29 is 0 Å². The molecule has 4 aromatic carbocycles. The largest absolute Gasteiger partial charge is 0.309 e. The Bertz CT molecular complexity index is 1200. The molecule has 2 heteroatoms. The molecule has 0 unspecified atom stereocenters. The average Bonchev–Trinajstić information content (AvgIpc) is 2.97. The Morgan fingerprint density at radius 2 is 1.42 bits per heavy atom. The Labute approximate surface area is 144 Å². The molecular formula is C22H14ClN. The number of fused-ring (bicyclic) bond motifs is 5. The molecule has 0 bridgehead atoms. The summed E-state index contributed by atoms with van der Waals surface area (Å²) in [7, 11) is 0. The maximum absolute atomic E-state index is 6.18. The van der Waals surface area contributed by atoms with Gasteiger partial charge in [-0.1, -0.05) is 60.1 Å². The second kappa shape index (κ2) is 5.12. The molecule has 0 saturated heterocycles. The molecule has 114 valence electrons. The molecule has 0 N–H and O–H groups in total. The average molecular weight is 328 g/mol. The lowest BCUT2D eigenvalue weighted by molar-refractivity contribution is 1.18. The minimum atomic E-state index is 0.772. The predicted molar refractivity (Wildman–Crippen MR) is 103 cm³/mol. The fourth-order valence-corrected chi connectivity index (χ4v) is 3.80. The maximum Gasteiger partial charge on any atom is 0.0547 e. The summed E-state index contributed by atoms with van der Waals surface area (Å²) >= 11 is 6.18. The van der Waals surface area contributed by atoms with Gasteiger partial charge in [-0.05, 0) is 47.2 Å². The van der Waals surface area contributed by atoms with Gasteiger partial charge in [-0.3, -0.25) is 0 Å². The van der Waals surface area contributed by atoms with Crippen molar-refractivity contribution in [3.63, 3.8) is 0 Å². The summed E-state index contributed by atoms with van der Waals surface area (Å²) in [5.74, 6) is 0. The van der Waals surface area contributed by atoms with Gasteiger partial charge in [0.05, 0.1) is 11.0 Å². The minimum absolute atomic E-state index is 0.772.